The number of hydrogen-bond acceptors (Lipinski definition) is 5. The number of amides is 1. The molecule has 6 heteroatoms. The molecular formula is C51H101NO5. The van der Waals surface area contributed by atoms with E-state index in [-0.39, 0.29) is 24.9 Å². The van der Waals surface area contributed by atoms with Crippen molar-refractivity contribution in [2.24, 2.45) is 0 Å². The molecule has 340 valence electrons. The van der Waals surface area contributed by atoms with Gasteiger partial charge in [-0.15, -0.1) is 0 Å². The predicted molar refractivity (Wildman–Crippen MR) is 246 cm³/mol. The molecule has 3 atom stereocenters. The molecule has 0 aliphatic heterocycles. The Bertz CT molecular complexity index is 821. The minimum absolute atomic E-state index is 0.0877. The number of ether oxygens (including phenoxy) is 1. The Morgan fingerprint density at radius 3 is 1.07 bits per heavy atom. The first-order valence-corrected chi connectivity index (χ1v) is 25.8. The van der Waals surface area contributed by atoms with E-state index in [1.807, 2.05) is 0 Å². The maximum Gasteiger partial charge on any atom is 0.306 e. The lowest BCUT2D eigenvalue weighted by Gasteiger charge is -2.24. The van der Waals surface area contributed by atoms with Gasteiger partial charge in [0, 0.05) is 6.42 Å². The summed E-state index contributed by atoms with van der Waals surface area (Å²) in [7, 11) is 0. The van der Waals surface area contributed by atoms with Gasteiger partial charge in [-0.05, 0) is 25.7 Å². The summed E-state index contributed by atoms with van der Waals surface area (Å²) in [6.07, 6.45) is 48.7. The van der Waals surface area contributed by atoms with Crippen LogP contribution in [-0.2, 0) is 14.3 Å². The fraction of sp³-hybridized carbons (Fsp3) is 0.961. The number of carbonyl (C=O) groups is 2. The Balaban J connectivity index is 4.52. The number of aliphatic hydroxyl groups excluding tert-OH is 2. The molecule has 0 heterocycles. The second kappa shape index (κ2) is 45.9. The third-order valence-corrected chi connectivity index (χ3v) is 12.2. The van der Waals surface area contributed by atoms with Gasteiger partial charge in [0.15, 0.2) is 0 Å². The molecule has 0 fully saturated rings. The molecule has 0 radical (unpaired) electrons. The Morgan fingerprint density at radius 1 is 0.439 bits per heavy atom. The lowest BCUT2D eigenvalue weighted by molar-refractivity contribution is -0.151. The van der Waals surface area contributed by atoms with Gasteiger partial charge in [0.05, 0.1) is 25.2 Å². The van der Waals surface area contributed by atoms with Gasteiger partial charge >= 0.3 is 5.97 Å². The minimum Gasteiger partial charge on any atom is -0.462 e. The van der Waals surface area contributed by atoms with Gasteiger partial charge in [0.1, 0.15) is 6.10 Å². The molecule has 0 bridgehead atoms. The van der Waals surface area contributed by atoms with Crippen LogP contribution in [0.4, 0.5) is 0 Å². The second-order valence-corrected chi connectivity index (χ2v) is 17.9. The number of rotatable bonds is 47. The van der Waals surface area contributed by atoms with E-state index < -0.39 is 18.2 Å². The molecule has 0 aliphatic carbocycles. The molecule has 0 rings (SSSR count). The fourth-order valence-electron chi connectivity index (χ4n) is 8.26. The normalized spacial score (nSPS) is 13.1. The monoisotopic (exact) mass is 808 g/mol. The van der Waals surface area contributed by atoms with Crippen molar-refractivity contribution in [3.05, 3.63) is 0 Å². The lowest BCUT2D eigenvalue weighted by atomic mass is 10.0. The van der Waals surface area contributed by atoms with Crippen molar-refractivity contribution in [3.8, 4) is 0 Å². The summed E-state index contributed by atoms with van der Waals surface area (Å²) in [6.45, 7) is 6.50. The van der Waals surface area contributed by atoms with E-state index in [1.54, 1.807) is 0 Å². The summed E-state index contributed by atoms with van der Waals surface area (Å²) in [5, 5.41) is 23.7. The molecular weight excluding hydrogens is 707 g/mol. The highest BCUT2D eigenvalue weighted by Crippen LogP contribution is 2.19. The highest BCUT2D eigenvalue weighted by molar-refractivity contribution is 5.77. The molecule has 0 saturated heterocycles. The largest absolute Gasteiger partial charge is 0.462 e. The van der Waals surface area contributed by atoms with E-state index in [0.29, 0.717) is 19.3 Å². The predicted octanol–water partition coefficient (Wildman–Crippen LogP) is 15.2. The Kier molecular flexibility index (Phi) is 45.0. The molecule has 0 spiro atoms. The minimum atomic E-state index is -0.778. The number of esters is 1. The maximum absolute atomic E-state index is 13.2. The summed E-state index contributed by atoms with van der Waals surface area (Å²) in [4.78, 5) is 26.1. The van der Waals surface area contributed by atoms with Crippen LogP contribution in [0.5, 0.6) is 0 Å². The molecule has 6 nitrogen and oxygen atoms in total. The van der Waals surface area contributed by atoms with Gasteiger partial charge in [0.25, 0.3) is 0 Å². The molecule has 57 heavy (non-hydrogen) atoms. The third-order valence-electron chi connectivity index (χ3n) is 12.2. The molecule has 3 N–H and O–H groups in total. The van der Waals surface area contributed by atoms with Crippen LogP contribution in [-0.4, -0.2) is 46.9 Å². The topological polar surface area (TPSA) is 95.9 Å². The van der Waals surface area contributed by atoms with E-state index in [4.69, 9.17) is 4.74 Å². The number of carbonyl (C=O) groups excluding carboxylic acids is 2. The Morgan fingerprint density at radius 2 is 0.737 bits per heavy atom. The molecule has 3 unspecified atom stereocenters. The standard InChI is InChI=1S/C51H101NO5/c1-4-7-10-13-16-19-22-25-27-30-33-36-39-42-47(57-51(56)44-41-38-35-32-29-26-23-20-17-14-11-8-5-2)45-50(55)52-48(46-53)49(54)43-40-37-34-31-28-24-21-18-15-12-9-6-3/h47-49,53-54H,4-46H2,1-3H3,(H,52,55). The Labute approximate surface area is 356 Å². The molecule has 0 aromatic carbocycles. The maximum atomic E-state index is 13.2. The summed E-state index contributed by atoms with van der Waals surface area (Å²) < 4.78 is 5.93. The number of aliphatic hydroxyl groups is 2. The van der Waals surface area contributed by atoms with Gasteiger partial charge in [-0.2, -0.15) is 0 Å². The van der Waals surface area contributed by atoms with Crippen LogP contribution in [0.1, 0.15) is 290 Å². The fourth-order valence-corrected chi connectivity index (χ4v) is 8.26. The van der Waals surface area contributed by atoms with Crippen molar-refractivity contribution in [2.45, 2.75) is 309 Å². The van der Waals surface area contributed by atoms with Crippen molar-refractivity contribution in [3.63, 3.8) is 0 Å². The zero-order valence-electron chi connectivity index (χ0n) is 38.8. The first-order chi connectivity index (χ1) is 28.0. The summed E-state index contributed by atoms with van der Waals surface area (Å²) in [5.41, 5.74) is 0. The molecule has 0 aliphatic rings. The van der Waals surface area contributed by atoms with Crippen LogP contribution < -0.4 is 5.32 Å². The molecule has 1 amide bonds. The van der Waals surface area contributed by atoms with E-state index in [0.717, 1.165) is 38.5 Å². The smallest absolute Gasteiger partial charge is 0.306 e. The van der Waals surface area contributed by atoms with Crippen molar-refractivity contribution in [1.29, 1.82) is 0 Å². The number of hydrogen-bond donors (Lipinski definition) is 3. The first kappa shape index (κ1) is 55.9. The first-order valence-electron chi connectivity index (χ1n) is 25.8. The average Bonchev–Trinajstić information content (AvgIpc) is 3.20. The second-order valence-electron chi connectivity index (χ2n) is 17.9. The van der Waals surface area contributed by atoms with Gasteiger partial charge in [-0.1, -0.05) is 252 Å². The third kappa shape index (κ3) is 41.4. The van der Waals surface area contributed by atoms with Crippen LogP contribution in [0.15, 0.2) is 0 Å². The van der Waals surface area contributed by atoms with E-state index in [9.17, 15) is 19.8 Å². The molecule has 0 aromatic rings. The highest BCUT2D eigenvalue weighted by Gasteiger charge is 2.24. The quantitative estimate of drug-likeness (QED) is 0.0420. The van der Waals surface area contributed by atoms with Gasteiger partial charge in [-0.25, -0.2) is 0 Å². The number of nitrogens with one attached hydrogen (secondary N) is 1. The zero-order valence-corrected chi connectivity index (χ0v) is 38.8. The van der Waals surface area contributed by atoms with Crippen molar-refractivity contribution in [2.75, 3.05) is 6.61 Å². The lowest BCUT2D eigenvalue weighted by Crippen LogP contribution is -2.46. The van der Waals surface area contributed by atoms with E-state index in [2.05, 4.69) is 26.1 Å². The van der Waals surface area contributed by atoms with Gasteiger partial charge < -0.3 is 20.3 Å². The van der Waals surface area contributed by atoms with Gasteiger partial charge in [-0.3, -0.25) is 9.59 Å². The molecule has 0 saturated carbocycles. The number of unbranched alkanes of at least 4 members (excludes halogenated alkanes) is 35. The van der Waals surface area contributed by atoms with Crippen LogP contribution in [0, 0.1) is 0 Å². The summed E-state index contributed by atoms with van der Waals surface area (Å²) >= 11 is 0. The van der Waals surface area contributed by atoms with Crippen molar-refractivity contribution >= 4 is 11.9 Å². The highest BCUT2D eigenvalue weighted by atomic mass is 16.5. The summed E-state index contributed by atoms with van der Waals surface area (Å²) in [6, 6.07) is -0.691. The van der Waals surface area contributed by atoms with Crippen LogP contribution in [0.2, 0.25) is 0 Å². The van der Waals surface area contributed by atoms with Crippen LogP contribution in [0.25, 0.3) is 0 Å². The SMILES string of the molecule is CCCCCCCCCCCCCCCC(=O)OC(CCCCCCCCCCCCCCC)CC(=O)NC(CO)C(O)CCCCCCCCCCCCCC. The zero-order chi connectivity index (χ0) is 41.7. The van der Waals surface area contributed by atoms with Crippen LogP contribution in [0.3, 0.4) is 0 Å². The average molecular weight is 808 g/mol. The van der Waals surface area contributed by atoms with Crippen molar-refractivity contribution < 1.29 is 24.5 Å². The molecule has 0 aromatic heterocycles. The van der Waals surface area contributed by atoms with E-state index >= 15 is 0 Å². The van der Waals surface area contributed by atoms with Crippen molar-refractivity contribution in [1.82, 2.24) is 5.32 Å². The van der Waals surface area contributed by atoms with E-state index in [1.165, 1.54) is 205 Å². The Hall–Kier alpha value is -1.14. The van der Waals surface area contributed by atoms with Crippen LogP contribution >= 0.6 is 0 Å². The van der Waals surface area contributed by atoms with Gasteiger partial charge in [0.2, 0.25) is 5.91 Å². The summed E-state index contributed by atoms with van der Waals surface area (Å²) in [5.74, 6) is -0.451.